The molecule has 0 saturated heterocycles. The van der Waals surface area contributed by atoms with Crippen LogP contribution in [0.15, 0.2) is 55.0 Å². The summed E-state index contributed by atoms with van der Waals surface area (Å²) in [6.07, 6.45) is 3.37. The number of nitrogens with one attached hydrogen (secondary N) is 2. The van der Waals surface area contributed by atoms with Gasteiger partial charge in [-0.15, -0.1) is 0 Å². The number of carbonyl (C=O) groups is 1. The molecule has 0 aliphatic rings. The molecule has 32 heavy (non-hydrogen) atoms. The number of hydrogen-bond acceptors (Lipinski definition) is 6. The second kappa shape index (κ2) is 9.09. The third kappa shape index (κ3) is 4.42. The molecule has 1 unspecified atom stereocenters. The number of carbonyl (C=O) groups excluding carboxylic acids is 1. The van der Waals surface area contributed by atoms with Gasteiger partial charge in [0, 0.05) is 54.1 Å². The predicted molar refractivity (Wildman–Crippen MR) is 127 cm³/mol. The molecule has 4 rings (SSSR count). The molecule has 0 saturated carbocycles. The average molecular weight is 427 g/mol. The minimum atomic E-state index is -0.109. The Labute approximate surface area is 187 Å². The van der Waals surface area contributed by atoms with Crippen molar-refractivity contribution >= 4 is 22.6 Å². The zero-order chi connectivity index (χ0) is 22.7. The minimum absolute atomic E-state index is 0.109. The lowest BCUT2D eigenvalue weighted by Crippen LogP contribution is -2.19. The molecule has 0 spiro atoms. The Hall–Kier alpha value is -3.87. The van der Waals surface area contributed by atoms with Gasteiger partial charge in [0.2, 0.25) is 0 Å². The number of amides is 1. The van der Waals surface area contributed by atoms with Gasteiger partial charge in [-0.2, -0.15) is 0 Å². The first-order chi connectivity index (χ1) is 15.5. The fraction of sp³-hybridized carbons (Fsp3) is 0.240. The van der Waals surface area contributed by atoms with Crippen molar-refractivity contribution in [3.63, 3.8) is 0 Å². The molecule has 0 bridgehead atoms. The van der Waals surface area contributed by atoms with E-state index in [1.165, 1.54) is 0 Å². The number of pyridine rings is 2. The van der Waals surface area contributed by atoms with Crippen molar-refractivity contribution in [2.75, 3.05) is 18.9 Å². The van der Waals surface area contributed by atoms with Gasteiger partial charge in [-0.3, -0.25) is 14.8 Å². The van der Waals surface area contributed by atoms with Crippen molar-refractivity contribution in [1.82, 2.24) is 25.3 Å². The highest BCUT2D eigenvalue weighted by Crippen LogP contribution is 2.28. The van der Waals surface area contributed by atoms with Crippen LogP contribution in [-0.4, -0.2) is 39.4 Å². The maximum Gasteiger partial charge on any atom is 0.251 e. The van der Waals surface area contributed by atoms with E-state index in [4.69, 9.17) is 4.98 Å². The Morgan fingerprint density at radius 2 is 1.88 bits per heavy atom. The molecular weight excluding hydrogens is 400 g/mol. The summed E-state index contributed by atoms with van der Waals surface area (Å²) < 4.78 is 0. The topological polar surface area (TPSA) is 92.7 Å². The van der Waals surface area contributed by atoms with Crippen LogP contribution in [0.1, 0.15) is 40.2 Å². The van der Waals surface area contributed by atoms with Crippen molar-refractivity contribution in [2.45, 2.75) is 26.7 Å². The van der Waals surface area contributed by atoms with Gasteiger partial charge in [0.15, 0.2) is 0 Å². The van der Waals surface area contributed by atoms with Crippen LogP contribution in [0.25, 0.3) is 22.2 Å². The number of hydrogen-bond donors (Lipinski definition) is 2. The van der Waals surface area contributed by atoms with E-state index in [1.54, 1.807) is 13.4 Å². The first-order valence-corrected chi connectivity index (χ1v) is 10.6. The number of para-hydroxylation sites is 1. The lowest BCUT2D eigenvalue weighted by molar-refractivity contribution is 0.0964. The van der Waals surface area contributed by atoms with Crippen LogP contribution in [0.2, 0.25) is 0 Å². The molecule has 1 atom stereocenters. The van der Waals surface area contributed by atoms with E-state index in [0.29, 0.717) is 12.1 Å². The smallest absolute Gasteiger partial charge is 0.251 e. The highest BCUT2D eigenvalue weighted by molar-refractivity contribution is 6.06. The molecule has 162 valence electrons. The van der Waals surface area contributed by atoms with Crippen LogP contribution in [0, 0.1) is 13.8 Å². The van der Waals surface area contributed by atoms with E-state index in [9.17, 15) is 4.79 Å². The van der Waals surface area contributed by atoms with Crippen molar-refractivity contribution < 1.29 is 4.79 Å². The Morgan fingerprint density at radius 3 is 2.62 bits per heavy atom. The summed E-state index contributed by atoms with van der Waals surface area (Å²) in [6.45, 7) is 6.66. The van der Waals surface area contributed by atoms with Crippen molar-refractivity contribution in [3.8, 4) is 11.3 Å². The van der Waals surface area contributed by atoms with Gasteiger partial charge in [0.05, 0.1) is 16.8 Å². The normalized spacial score (nSPS) is 11.9. The summed E-state index contributed by atoms with van der Waals surface area (Å²) in [5.74, 6) is 0.783. The van der Waals surface area contributed by atoms with Crippen LogP contribution in [0.3, 0.4) is 0 Å². The van der Waals surface area contributed by atoms with E-state index in [1.807, 2.05) is 56.4 Å². The van der Waals surface area contributed by atoms with Gasteiger partial charge in [0.25, 0.3) is 5.91 Å². The molecule has 1 amide bonds. The van der Waals surface area contributed by atoms with E-state index >= 15 is 0 Å². The summed E-state index contributed by atoms with van der Waals surface area (Å²) in [4.78, 5) is 30.2. The summed E-state index contributed by atoms with van der Waals surface area (Å²) in [5.41, 5.74) is 6.13. The van der Waals surface area contributed by atoms with Gasteiger partial charge < -0.3 is 10.6 Å². The molecule has 2 N–H and O–H groups in total. The van der Waals surface area contributed by atoms with Crippen molar-refractivity contribution in [1.29, 1.82) is 0 Å². The monoisotopic (exact) mass is 426 g/mol. The lowest BCUT2D eigenvalue weighted by Gasteiger charge is -2.17. The Morgan fingerprint density at radius 1 is 1.03 bits per heavy atom. The van der Waals surface area contributed by atoms with E-state index in [0.717, 1.165) is 44.9 Å². The number of rotatable bonds is 6. The van der Waals surface area contributed by atoms with Crippen LogP contribution in [0.5, 0.6) is 0 Å². The largest absolute Gasteiger partial charge is 0.369 e. The predicted octanol–water partition coefficient (Wildman–Crippen LogP) is 4.28. The Kier molecular flexibility index (Phi) is 6.07. The van der Waals surface area contributed by atoms with Crippen LogP contribution in [-0.2, 0) is 0 Å². The third-order valence-corrected chi connectivity index (χ3v) is 5.46. The summed E-state index contributed by atoms with van der Waals surface area (Å²) in [7, 11) is 1.64. The number of anilines is 1. The lowest BCUT2D eigenvalue weighted by atomic mass is 9.95. The van der Waals surface area contributed by atoms with Crippen LogP contribution >= 0.6 is 0 Å². The molecule has 3 heterocycles. The van der Waals surface area contributed by atoms with Gasteiger partial charge >= 0.3 is 0 Å². The molecule has 1 aromatic carbocycles. The third-order valence-electron chi connectivity index (χ3n) is 5.46. The number of nitrogens with zero attached hydrogens (tertiary/aromatic N) is 4. The highest BCUT2D eigenvalue weighted by Gasteiger charge is 2.16. The fourth-order valence-corrected chi connectivity index (χ4v) is 3.72. The minimum Gasteiger partial charge on any atom is -0.369 e. The molecule has 0 aliphatic heterocycles. The summed E-state index contributed by atoms with van der Waals surface area (Å²) in [6, 6.07) is 13.7. The molecule has 7 nitrogen and oxygen atoms in total. The highest BCUT2D eigenvalue weighted by atomic mass is 16.1. The van der Waals surface area contributed by atoms with Gasteiger partial charge in [-0.05, 0) is 37.6 Å². The Bertz CT molecular complexity index is 1270. The van der Waals surface area contributed by atoms with Crippen LogP contribution < -0.4 is 10.6 Å². The standard InChI is InChI=1S/C25H26N6O/c1-15(12-28-23-11-22(29-14-30-23)18-9-8-16(2)27-13-18)19-6-5-7-20-21(25(32)26-4)10-17(3)31-24(19)20/h5-11,13-15H,12H2,1-4H3,(H,26,32)(H,28,29,30). The Balaban J connectivity index is 1.58. The zero-order valence-electron chi connectivity index (χ0n) is 18.7. The fourth-order valence-electron chi connectivity index (χ4n) is 3.72. The van der Waals surface area contributed by atoms with E-state index in [-0.39, 0.29) is 11.8 Å². The van der Waals surface area contributed by atoms with Gasteiger partial charge in [-0.1, -0.05) is 25.1 Å². The van der Waals surface area contributed by atoms with Crippen LogP contribution in [0.4, 0.5) is 5.82 Å². The number of aromatic nitrogens is 4. The summed E-state index contributed by atoms with van der Waals surface area (Å²) >= 11 is 0. The number of fused-ring (bicyclic) bond motifs is 1. The molecular formula is C25H26N6O. The summed E-state index contributed by atoms with van der Waals surface area (Å²) in [5, 5.41) is 6.99. The van der Waals surface area contributed by atoms with Gasteiger partial charge in [0.1, 0.15) is 12.1 Å². The molecule has 0 aliphatic carbocycles. The second-order valence-electron chi connectivity index (χ2n) is 7.89. The van der Waals surface area contributed by atoms with Crippen molar-refractivity contribution in [2.24, 2.45) is 0 Å². The number of aryl methyl sites for hydroxylation is 2. The SMILES string of the molecule is CNC(=O)c1cc(C)nc2c(C(C)CNc3cc(-c4ccc(C)nc4)ncn3)cccc12. The van der Waals surface area contributed by atoms with Gasteiger partial charge in [-0.25, -0.2) is 9.97 Å². The molecule has 0 radical (unpaired) electrons. The maximum atomic E-state index is 12.4. The van der Waals surface area contributed by atoms with Crippen molar-refractivity contribution in [3.05, 3.63) is 77.5 Å². The quantitative estimate of drug-likeness (QED) is 0.478. The van der Waals surface area contributed by atoms with E-state index in [2.05, 4.69) is 38.6 Å². The zero-order valence-corrected chi connectivity index (χ0v) is 18.7. The second-order valence-corrected chi connectivity index (χ2v) is 7.89. The maximum absolute atomic E-state index is 12.4. The van der Waals surface area contributed by atoms with E-state index < -0.39 is 0 Å². The molecule has 4 aromatic rings. The molecule has 7 heteroatoms. The molecule has 0 fully saturated rings. The number of benzene rings is 1. The first kappa shape index (κ1) is 21.4. The first-order valence-electron chi connectivity index (χ1n) is 10.6. The average Bonchev–Trinajstić information content (AvgIpc) is 2.81. The molecule has 3 aromatic heterocycles.